The van der Waals surface area contributed by atoms with E-state index in [2.05, 4.69) is 20.4 Å². The predicted molar refractivity (Wildman–Crippen MR) is 132 cm³/mol. The number of aryl methyl sites for hydroxylation is 2. The summed E-state index contributed by atoms with van der Waals surface area (Å²) in [4.78, 5) is 22.0. The second kappa shape index (κ2) is 9.44. The van der Waals surface area contributed by atoms with Crippen LogP contribution in [0.3, 0.4) is 0 Å². The van der Waals surface area contributed by atoms with Crippen LogP contribution < -0.4 is 20.5 Å². The Kier molecular flexibility index (Phi) is 6.17. The van der Waals surface area contributed by atoms with Crippen molar-refractivity contribution in [2.75, 3.05) is 19.5 Å². The highest BCUT2D eigenvalue weighted by Crippen LogP contribution is 2.33. The fourth-order valence-corrected chi connectivity index (χ4v) is 4.15. The maximum atomic E-state index is 14.2. The van der Waals surface area contributed by atoms with Crippen LogP contribution in [0.25, 0.3) is 16.8 Å². The third-order valence-corrected chi connectivity index (χ3v) is 6.20. The van der Waals surface area contributed by atoms with Gasteiger partial charge in [-0.2, -0.15) is 4.98 Å². The number of carbonyl (C=O) groups is 1. The first kappa shape index (κ1) is 23.5. The largest absolute Gasteiger partial charge is 0.493 e. The molecule has 0 unspecified atom stereocenters. The van der Waals surface area contributed by atoms with Gasteiger partial charge in [-0.25, -0.2) is 13.9 Å². The summed E-state index contributed by atoms with van der Waals surface area (Å²) in [7, 11) is 1.46. The van der Waals surface area contributed by atoms with Crippen LogP contribution in [0.5, 0.6) is 11.6 Å². The number of aromatic nitrogens is 4. The normalized spacial score (nSPS) is 13.1. The highest BCUT2D eigenvalue weighted by atomic mass is 19.1. The zero-order chi connectivity index (χ0) is 25.4. The summed E-state index contributed by atoms with van der Waals surface area (Å²) in [6, 6.07) is 8.22. The van der Waals surface area contributed by atoms with Crippen molar-refractivity contribution in [3.05, 3.63) is 64.7 Å². The lowest BCUT2D eigenvalue weighted by Gasteiger charge is -2.16. The third kappa shape index (κ3) is 4.79. The quantitative estimate of drug-likeness (QED) is 0.385. The maximum Gasteiger partial charge on any atom is 0.257 e. The number of benzene rings is 1. The third-order valence-electron chi connectivity index (χ3n) is 6.20. The molecule has 9 nitrogen and oxygen atoms in total. The topological polar surface area (TPSA) is 117 Å². The minimum atomic E-state index is -0.400. The fraction of sp³-hybridized carbons (Fsp3) is 0.308. The van der Waals surface area contributed by atoms with Crippen LogP contribution >= 0.6 is 0 Å². The van der Waals surface area contributed by atoms with Crippen LogP contribution in [0, 0.1) is 25.6 Å². The van der Waals surface area contributed by atoms with Crippen LogP contribution in [-0.2, 0) is 6.54 Å². The summed E-state index contributed by atoms with van der Waals surface area (Å²) in [6.45, 7) is 4.32. The summed E-state index contributed by atoms with van der Waals surface area (Å²) in [5.74, 6) is 0.748. The molecule has 3 N–H and O–H groups in total. The molecule has 0 radical (unpaired) electrons. The summed E-state index contributed by atoms with van der Waals surface area (Å²) in [5, 5.41) is 6.96. The van der Waals surface area contributed by atoms with E-state index in [4.69, 9.17) is 15.2 Å². The van der Waals surface area contributed by atoms with Crippen LogP contribution in [0.15, 0.2) is 36.5 Å². The molecule has 4 aromatic rings. The van der Waals surface area contributed by atoms with Gasteiger partial charge in [0.05, 0.1) is 13.7 Å². The van der Waals surface area contributed by atoms with Gasteiger partial charge in [0.2, 0.25) is 11.8 Å². The number of nitrogens with one attached hydrogen (secondary N) is 1. The molecule has 1 aliphatic carbocycles. The second-order valence-electron chi connectivity index (χ2n) is 9.01. The second-order valence-corrected chi connectivity index (χ2v) is 9.01. The van der Waals surface area contributed by atoms with E-state index >= 15 is 0 Å². The van der Waals surface area contributed by atoms with Gasteiger partial charge in [-0.15, -0.1) is 5.10 Å². The number of hydrogen-bond donors (Lipinski definition) is 2. The molecule has 36 heavy (non-hydrogen) atoms. The Morgan fingerprint density at radius 3 is 2.78 bits per heavy atom. The van der Waals surface area contributed by atoms with E-state index in [1.54, 1.807) is 23.7 Å². The van der Waals surface area contributed by atoms with Crippen molar-refractivity contribution < 1.29 is 18.7 Å². The Bertz CT molecular complexity index is 1460. The minimum Gasteiger partial charge on any atom is -0.493 e. The van der Waals surface area contributed by atoms with Gasteiger partial charge in [-0.1, -0.05) is 0 Å². The first-order valence-corrected chi connectivity index (χ1v) is 11.7. The van der Waals surface area contributed by atoms with Crippen molar-refractivity contribution in [1.29, 1.82) is 0 Å². The smallest absolute Gasteiger partial charge is 0.257 e. The number of rotatable bonds is 8. The number of anilines is 1. The lowest BCUT2D eigenvalue weighted by molar-refractivity contribution is 0.0946. The van der Waals surface area contributed by atoms with Crippen molar-refractivity contribution >= 4 is 17.5 Å². The standard InChI is InChI=1S/C26H27FN6O3/c1-14-8-19(27)9-18(23(14)36-13-16-4-5-16)12-29-24(34)21-11-20(15(2)30-25(21)35-3)17-6-7-33-22(10-17)31-26(28)32-33/h6-11,16H,4-5,12-13H2,1-3H3,(H2,28,32)(H,29,34). The number of halogens is 1. The predicted octanol–water partition coefficient (Wildman–Crippen LogP) is 3.86. The Labute approximate surface area is 207 Å². The van der Waals surface area contributed by atoms with Crippen molar-refractivity contribution in [3.63, 3.8) is 0 Å². The number of carbonyl (C=O) groups excluding carboxylic acids is 1. The number of hydrogen-bond acceptors (Lipinski definition) is 7. The lowest BCUT2D eigenvalue weighted by Crippen LogP contribution is -2.24. The summed E-state index contributed by atoms with van der Waals surface area (Å²) >= 11 is 0. The molecule has 3 aromatic heterocycles. The SMILES string of the molecule is COc1nc(C)c(-c2ccn3nc(N)nc3c2)cc1C(=O)NCc1cc(F)cc(C)c1OCC1CC1. The summed E-state index contributed by atoms with van der Waals surface area (Å²) in [5.41, 5.74) is 10.0. The zero-order valence-electron chi connectivity index (χ0n) is 20.3. The number of nitrogen functional groups attached to an aromatic ring is 1. The summed E-state index contributed by atoms with van der Waals surface area (Å²) in [6.07, 6.45) is 4.03. The van der Waals surface area contributed by atoms with Gasteiger partial charge in [-0.3, -0.25) is 4.79 Å². The van der Waals surface area contributed by atoms with Crippen LogP contribution in [-0.4, -0.2) is 39.2 Å². The molecule has 5 rings (SSSR count). The molecular weight excluding hydrogens is 463 g/mol. The molecule has 0 saturated heterocycles. The minimum absolute atomic E-state index is 0.0920. The highest BCUT2D eigenvalue weighted by molar-refractivity contribution is 5.98. The van der Waals surface area contributed by atoms with Gasteiger partial charge in [0.25, 0.3) is 5.91 Å². The van der Waals surface area contributed by atoms with E-state index < -0.39 is 5.91 Å². The number of fused-ring (bicyclic) bond motifs is 1. The first-order valence-electron chi connectivity index (χ1n) is 11.7. The molecule has 1 aromatic carbocycles. The molecule has 1 saturated carbocycles. The number of ether oxygens (including phenoxy) is 2. The average molecular weight is 491 g/mol. The zero-order valence-corrected chi connectivity index (χ0v) is 20.3. The monoisotopic (exact) mass is 490 g/mol. The van der Waals surface area contributed by atoms with E-state index in [1.165, 1.54) is 19.2 Å². The number of pyridine rings is 2. The van der Waals surface area contributed by atoms with Crippen molar-refractivity contribution in [2.24, 2.45) is 5.92 Å². The highest BCUT2D eigenvalue weighted by Gasteiger charge is 2.24. The van der Waals surface area contributed by atoms with E-state index in [0.717, 1.165) is 24.0 Å². The summed E-state index contributed by atoms with van der Waals surface area (Å²) < 4.78 is 27.1. The maximum absolute atomic E-state index is 14.2. The molecule has 0 aliphatic heterocycles. The van der Waals surface area contributed by atoms with Gasteiger partial charge in [0.1, 0.15) is 17.1 Å². The van der Waals surface area contributed by atoms with Crippen LogP contribution in [0.2, 0.25) is 0 Å². The van der Waals surface area contributed by atoms with Crippen molar-refractivity contribution in [1.82, 2.24) is 24.9 Å². The van der Waals surface area contributed by atoms with E-state index in [0.29, 0.717) is 40.7 Å². The Morgan fingerprint density at radius 1 is 1.22 bits per heavy atom. The van der Waals surface area contributed by atoms with Crippen molar-refractivity contribution in [3.8, 4) is 22.8 Å². The van der Waals surface area contributed by atoms with E-state index in [9.17, 15) is 9.18 Å². The molecule has 1 aliphatic rings. The molecule has 1 amide bonds. The van der Waals surface area contributed by atoms with Gasteiger partial charge in [0.15, 0.2) is 5.65 Å². The molecule has 0 bridgehead atoms. The van der Waals surface area contributed by atoms with Gasteiger partial charge >= 0.3 is 0 Å². The first-order chi connectivity index (χ1) is 17.3. The molecule has 0 atom stereocenters. The molecule has 3 heterocycles. The average Bonchev–Trinajstić information content (AvgIpc) is 3.59. The molecular formula is C26H27FN6O3. The molecule has 1 fully saturated rings. The van der Waals surface area contributed by atoms with Gasteiger partial charge < -0.3 is 20.5 Å². The Morgan fingerprint density at radius 2 is 2.03 bits per heavy atom. The van der Waals surface area contributed by atoms with Crippen LogP contribution in [0.1, 0.15) is 40.0 Å². The van der Waals surface area contributed by atoms with E-state index in [-0.39, 0.29) is 29.8 Å². The number of nitrogens with zero attached hydrogens (tertiary/aromatic N) is 4. The number of methoxy groups -OCH3 is 1. The number of nitrogens with two attached hydrogens (primary N) is 1. The Hall–Kier alpha value is -4.21. The molecule has 186 valence electrons. The molecule has 0 spiro atoms. The van der Waals surface area contributed by atoms with Crippen LogP contribution in [0.4, 0.5) is 10.3 Å². The Balaban J connectivity index is 1.42. The van der Waals surface area contributed by atoms with Gasteiger partial charge in [0, 0.05) is 29.6 Å². The lowest BCUT2D eigenvalue weighted by atomic mass is 10.0. The van der Waals surface area contributed by atoms with Crippen molar-refractivity contribution in [2.45, 2.75) is 33.2 Å². The van der Waals surface area contributed by atoms with E-state index in [1.807, 2.05) is 19.1 Å². The number of amides is 1. The fourth-order valence-electron chi connectivity index (χ4n) is 4.15. The molecule has 10 heteroatoms. The van der Waals surface area contributed by atoms with Gasteiger partial charge in [-0.05, 0) is 74.1 Å².